The maximum absolute atomic E-state index is 5.03. The van der Waals surface area contributed by atoms with Gasteiger partial charge in [0, 0.05) is 58.1 Å². The second-order valence-corrected chi connectivity index (χ2v) is 6.09. The molecule has 4 heteroatoms. The van der Waals surface area contributed by atoms with Gasteiger partial charge in [0.15, 0.2) is 0 Å². The Morgan fingerprint density at radius 1 is 1.10 bits per heavy atom. The lowest BCUT2D eigenvalue weighted by atomic mass is 10.1. The summed E-state index contributed by atoms with van der Waals surface area (Å²) in [5, 5.41) is 3.38. The van der Waals surface area contributed by atoms with E-state index in [1.807, 2.05) is 0 Å². The minimum Gasteiger partial charge on any atom is -0.383 e. The summed E-state index contributed by atoms with van der Waals surface area (Å²) >= 11 is 0. The van der Waals surface area contributed by atoms with Crippen molar-refractivity contribution in [1.82, 2.24) is 10.2 Å². The van der Waals surface area contributed by atoms with Crippen molar-refractivity contribution in [2.75, 3.05) is 51.3 Å². The van der Waals surface area contributed by atoms with Gasteiger partial charge in [-0.05, 0) is 30.5 Å². The molecule has 2 fully saturated rings. The van der Waals surface area contributed by atoms with Gasteiger partial charge in [0.05, 0.1) is 6.61 Å². The third kappa shape index (κ3) is 4.19. The predicted molar refractivity (Wildman–Crippen MR) is 86.8 cm³/mol. The number of nitrogens with zero attached hydrogens (tertiary/aromatic N) is 2. The largest absolute Gasteiger partial charge is 0.383 e. The number of benzene rings is 1. The van der Waals surface area contributed by atoms with Crippen LogP contribution in [0.3, 0.4) is 0 Å². The fourth-order valence-corrected chi connectivity index (χ4v) is 3.02. The summed E-state index contributed by atoms with van der Waals surface area (Å²) < 4.78 is 5.03. The van der Waals surface area contributed by atoms with Crippen LogP contribution in [-0.4, -0.2) is 57.4 Å². The average molecular weight is 289 g/mol. The van der Waals surface area contributed by atoms with Crippen LogP contribution in [0.2, 0.25) is 0 Å². The molecule has 1 aromatic carbocycles. The summed E-state index contributed by atoms with van der Waals surface area (Å²) in [7, 11) is 1.74. The highest BCUT2D eigenvalue weighted by atomic mass is 16.5. The standard InChI is InChI=1S/C17H27N3O/c1-21-13-8-18-14-15-2-4-16(5-3-15)19-9-11-20(12-10-19)17-6-7-17/h2-5,17-18H,6-14H2,1H3. The number of anilines is 1. The molecule has 4 nitrogen and oxygen atoms in total. The Kier molecular flexibility index (Phi) is 5.12. The lowest BCUT2D eigenvalue weighted by Crippen LogP contribution is -2.47. The van der Waals surface area contributed by atoms with Gasteiger partial charge in [-0.1, -0.05) is 12.1 Å². The molecule has 1 saturated carbocycles. The molecule has 1 aromatic rings. The first-order valence-electron chi connectivity index (χ1n) is 8.14. The second kappa shape index (κ2) is 7.25. The van der Waals surface area contributed by atoms with Crippen LogP contribution in [0.4, 0.5) is 5.69 Å². The zero-order valence-electron chi connectivity index (χ0n) is 13.1. The molecule has 0 aromatic heterocycles. The monoisotopic (exact) mass is 289 g/mol. The number of hydrogen-bond acceptors (Lipinski definition) is 4. The van der Waals surface area contributed by atoms with E-state index in [0.29, 0.717) is 0 Å². The van der Waals surface area contributed by atoms with Crippen LogP contribution in [-0.2, 0) is 11.3 Å². The molecule has 0 spiro atoms. The van der Waals surface area contributed by atoms with Gasteiger partial charge in [-0.25, -0.2) is 0 Å². The summed E-state index contributed by atoms with van der Waals surface area (Å²) in [6.07, 6.45) is 2.84. The Morgan fingerprint density at radius 3 is 2.43 bits per heavy atom. The number of ether oxygens (including phenoxy) is 1. The van der Waals surface area contributed by atoms with E-state index in [4.69, 9.17) is 4.74 Å². The maximum Gasteiger partial charge on any atom is 0.0587 e. The molecule has 1 saturated heterocycles. The Bertz CT molecular complexity index is 422. The molecular weight excluding hydrogens is 262 g/mol. The molecule has 116 valence electrons. The molecule has 1 heterocycles. The molecule has 0 bridgehead atoms. The first-order chi connectivity index (χ1) is 10.4. The van der Waals surface area contributed by atoms with Crippen molar-refractivity contribution < 1.29 is 4.74 Å². The molecule has 1 aliphatic carbocycles. The maximum atomic E-state index is 5.03. The predicted octanol–water partition coefficient (Wildman–Crippen LogP) is 1.71. The van der Waals surface area contributed by atoms with Crippen LogP contribution in [0.15, 0.2) is 24.3 Å². The fourth-order valence-electron chi connectivity index (χ4n) is 3.02. The number of methoxy groups -OCH3 is 1. The number of nitrogens with one attached hydrogen (secondary N) is 1. The van der Waals surface area contributed by atoms with Crippen LogP contribution < -0.4 is 10.2 Å². The van der Waals surface area contributed by atoms with Crippen LogP contribution >= 0.6 is 0 Å². The zero-order chi connectivity index (χ0) is 14.5. The Hall–Kier alpha value is -1.10. The van der Waals surface area contributed by atoms with E-state index < -0.39 is 0 Å². The summed E-state index contributed by atoms with van der Waals surface area (Å²) in [6, 6.07) is 9.91. The third-order valence-corrected chi connectivity index (χ3v) is 4.49. The van der Waals surface area contributed by atoms with Gasteiger partial charge in [-0.2, -0.15) is 0 Å². The molecule has 0 amide bonds. The number of piperazine rings is 1. The van der Waals surface area contributed by atoms with E-state index >= 15 is 0 Å². The highest BCUT2D eigenvalue weighted by Crippen LogP contribution is 2.28. The molecule has 21 heavy (non-hydrogen) atoms. The van der Waals surface area contributed by atoms with Gasteiger partial charge in [-0.3, -0.25) is 4.90 Å². The SMILES string of the molecule is COCCNCc1ccc(N2CCN(C3CC3)CC2)cc1. The molecule has 0 atom stereocenters. The van der Waals surface area contributed by atoms with Crippen LogP contribution in [0.1, 0.15) is 18.4 Å². The van der Waals surface area contributed by atoms with E-state index in [1.54, 1.807) is 7.11 Å². The van der Waals surface area contributed by atoms with Gasteiger partial charge in [-0.15, -0.1) is 0 Å². The van der Waals surface area contributed by atoms with Crippen LogP contribution in [0, 0.1) is 0 Å². The quantitative estimate of drug-likeness (QED) is 0.773. The Morgan fingerprint density at radius 2 is 1.81 bits per heavy atom. The number of rotatable bonds is 7. The molecule has 0 radical (unpaired) electrons. The molecule has 3 rings (SSSR count). The lowest BCUT2D eigenvalue weighted by molar-refractivity contribution is 0.199. The molecule has 0 unspecified atom stereocenters. The topological polar surface area (TPSA) is 27.7 Å². The summed E-state index contributed by atoms with van der Waals surface area (Å²) in [6.45, 7) is 7.38. The average Bonchev–Trinajstić information content (AvgIpc) is 3.37. The van der Waals surface area contributed by atoms with Crippen molar-refractivity contribution in [2.24, 2.45) is 0 Å². The first kappa shape index (κ1) is 14.8. The van der Waals surface area contributed by atoms with Crippen molar-refractivity contribution in [2.45, 2.75) is 25.4 Å². The summed E-state index contributed by atoms with van der Waals surface area (Å²) in [4.78, 5) is 5.17. The zero-order valence-corrected chi connectivity index (χ0v) is 13.1. The van der Waals surface area contributed by atoms with Crippen molar-refractivity contribution in [3.8, 4) is 0 Å². The molecule has 1 aliphatic heterocycles. The van der Waals surface area contributed by atoms with E-state index in [0.717, 1.165) is 25.7 Å². The van der Waals surface area contributed by atoms with Gasteiger partial charge >= 0.3 is 0 Å². The van der Waals surface area contributed by atoms with E-state index in [-0.39, 0.29) is 0 Å². The highest BCUT2D eigenvalue weighted by molar-refractivity contribution is 5.48. The Balaban J connectivity index is 1.45. The van der Waals surface area contributed by atoms with Crippen molar-refractivity contribution in [1.29, 1.82) is 0 Å². The van der Waals surface area contributed by atoms with Gasteiger partial charge in [0.25, 0.3) is 0 Å². The van der Waals surface area contributed by atoms with Crippen LogP contribution in [0.25, 0.3) is 0 Å². The van der Waals surface area contributed by atoms with Crippen LogP contribution in [0.5, 0.6) is 0 Å². The fraction of sp³-hybridized carbons (Fsp3) is 0.647. The van der Waals surface area contributed by atoms with Gasteiger partial charge in [0.2, 0.25) is 0 Å². The van der Waals surface area contributed by atoms with Crippen molar-refractivity contribution >= 4 is 5.69 Å². The molecule has 2 aliphatic rings. The van der Waals surface area contributed by atoms with Crippen molar-refractivity contribution in [3.63, 3.8) is 0 Å². The van der Waals surface area contributed by atoms with Gasteiger partial charge in [0.1, 0.15) is 0 Å². The lowest BCUT2D eigenvalue weighted by Gasteiger charge is -2.36. The van der Waals surface area contributed by atoms with E-state index in [1.165, 1.54) is 50.3 Å². The second-order valence-electron chi connectivity index (χ2n) is 6.09. The van der Waals surface area contributed by atoms with E-state index in [9.17, 15) is 0 Å². The van der Waals surface area contributed by atoms with Crippen molar-refractivity contribution in [3.05, 3.63) is 29.8 Å². The summed E-state index contributed by atoms with van der Waals surface area (Å²) in [5.74, 6) is 0. The highest BCUT2D eigenvalue weighted by Gasteiger charge is 2.31. The first-order valence-corrected chi connectivity index (χ1v) is 8.14. The minimum atomic E-state index is 0.767. The summed E-state index contributed by atoms with van der Waals surface area (Å²) in [5.41, 5.74) is 2.71. The normalized spacial score (nSPS) is 20.0. The van der Waals surface area contributed by atoms with E-state index in [2.05, 4.69) is 39.4 Å². The molecule has 1 N–H and O–H groups in total. The number of hydrogen-bond donors (Lipinski definition) is 1. The minimum absolute atomic E-state index is 0.767. The van der Waals surface area contributed by atoms with Gasteiger partial charge < -0.3 is 15.0 Å². The Labute approximate surface area is 128 Å². The third-order valence-electron chi connectivity index (χ3n) is 4.49. The smallest absolute Gasteiger partial charge is 0.0587 e. The molecular formula is C17H27N3O.